The highest BCUT2D eigenvalue weighted by molar-refractivity contribution is 7.86. The normalized spacial score (nSPS) is 13.6. The molecular weight excluding hydrogens is 354 g/mol. The molecule has 0 saturated carbocycles. The van der Waals surface area contributed by atoms with Crippen LogP contribution in [-0.2, 0) is 11.0 Å². The van der Waals surface area contributed by atoms with E-state index in [2.05, 4.69) is 46.8 Å². The highest BCUT2D eigenvalue weighted by Crippen LogP contribution is 2.33. The van der Waals surface area contributed by atoms with E-state index < -0.39 is 11.0 Å². The summed E-state index contributed by atoms with van der Waals surface area (Å²) < 4.78 is 20.3. The first kappa shape index (κ1) is 23.2. The third kappa shape index (κ3) is 7.02. The molecule has 1 aliphatic rings. The molecule has 0 amide bonds. The van der Waals surface area contributed by atoms with Crippen LogP contribution in [0, 0.1) is 5.92 Å². The Morgan fingerprint density at radius 2 is 1.48 bits per heavy atom. The average molecular weight is 390 g/mol. The Morgan fingerprint density at radius 1 is 0.926 bits per heavy atom. The fraction of sp³-hybridized carbons (Fsp3) is 0.478. The van der Waals surface area contributed by atoms with Gasteiger partial charge in [-0.1, -0.05) is 72.7 Å². The van der Waals surface area contributed by atoms with E-state index in [0.29, 0.717) is 19.1 Å². The summed E-state index contributed by atoms with van der Waals surface area (Å²) in [7, 11) is -1.20. The molecule has 1 aliphatic heterocycles. The molecule has 0 fully saturated rings. The highest BCUT2D eigenvalue weighted by atomic mass is 32.2. The van der Waals surface area contributed by atoms with Crippen molar-refractivity contribution in [2.75, 3.05) is 17.5 Å². The molecule has 0 saturated heterocycles. The molecule has 0 aliphatic carbocycles. The van der Waals surface area contributed by atoms with Crippen LogP contribution >= 0.6 is 0 Å². The van der Waals surface area contributed by atoms with E-state index in [1.54, 1.807) is 0 Å². The molecule has 27 heavy (non-hydrogen) atoms. The van der Waals surface area contributed by atoms with Crippen molar-refractivity contribution in [2.24, 2.45) is 5.92 Å². The summed E-state index contributed by atoms with van der Waals surface area (Å²) in [5.74, 6) is 2.12. The molecule has 3 rings (SSSR count). The first-order chi connectivity index (χ1) is 12.9. The lowest BCUT2D eigenvalue weighted by Gasteiger charge is -2.29. The van der Waals surface area contributed by atoms with E-state index in [4.69, 9.17) is 4.74 Å². The maximum Gasteiger partial charge on any atom is 0.153 e. The van der Waals surface area contributed by atoms with E-state index in [1.165, 1.54) is 5.56 Å². The minimum Gasteiger partial charge on any atom is -0.489 e. The zero-order valence-corrected chi connectivity index (χ0v) is 18.7. The number of ether oxygens (including phenoxy) is 1. The maximum atomic E-state index is 12.8. The van der Waals surface area contributed by atoms with Crippen LogP contribution in [0.2, 0.25) is 0 Å². The van der Waals surface area contributed by atoms with Gasteiger partial charge in [-0.05, 0) is 41.7 Å². The van der Waals surface area contributed by atoms with E-state index in [-0.39, 0.29) is 0 Å². The Kier molecular flexibility index (Phi) is 10.2. The zero-order valence-electron chi connectivity index (χ0n) is 17.9. The van der Waals surface area contributed by atoms with Crippen molar-refractivity contribution >= 4 is 16.7 Å². The summed E-state index contributed by atoms with van der Waals surface area (Å²) in [5.41, 5.74) is 2.16. The van der Waals surface area contributed by atoms with Crippen LogP contribution in [0.3, 0.4) is 0 Å². The van der Waals surface area contributed by atoms with Crippen LogP contribution in [0.25, 0.3) is 0 Å². The Balaban J connectivity index is 0.000000541. The number of fused-ring (bicyclic) bond motifs is 1. The summed E-state index contributed by atoms with van der Waals surface area (Å²) in [6, 6.07) is 15.8. The van der Waals surface area contributed by atoms with Gasteiger partial charge in [0, 0.05) is 0 Å². The first-order valence-electron chi connectivity index (χ1n) is 9.91. The molecule has 0 aromatic heterocycles. The number of anilines is 1. The second kappa shape index (κ2) is 11.8. The van der Waals surface area contributed by atoms with Crippen molar-refractivity contribution < 1.29 is 8.95 Å². The minimum absolute atomic E-state index is 0.483. The molecule has 0 spiro atoms. The number of para-hydroxylation sites is 2. The molecule has 4 heteroatoms. The van der Waals surface area contributed by atoms with Crippen molar-refractivity contribution in [3.8, 4) is 5.75 Å². The van der Waals surface area contributed by atoms with Crippen LogP contribution in [0.15, 0.2) is 53.4 Å². The number of rotatable bonds is 3. The number of hydrogen-bond acceptors (Lipinski definition) is 2. The van der Waals surface area contributed by atoms with Crippen molar-refractivity contribution in [1.29, 1.82) is 0 Å². The lowest BCUT2D eigenvalue weighted by Crippen LogP contribution is -2.34. The molecule has 1 atom stereocenters. The van der Waals surface area contributed by atoms with Gasteiger partial charge in [0.15, 0.2) is 11.0 Å². The predicted octanol–water partition coefficient (Wildman–Crippen LogP) is 6.42. The molecular formula is C23H35NO2S. The average Bonchev–Trinajstić information content (AvgIpc) is 2.68. The Bertz CT molecular complexity index is 693. The molecule has 2 aromatic rings. The smallest absolute Gasteiger partial charge is 0.153 e. The lowest BCUT2D eigenvalue weighted by atomic mass is 10.0. The molecule has 1 heterocycles. The summed E-state index contributed by atoms with van der Waals surface area (Å²) >= 11 is 0. The van der Waals surface area contributed by atoms with E-state index in [0.717, 1.165) is 22.3 Å². The van der Waals surface area contributed by atoms with E-state index in [9.17, 15) is 4.21 Å². The van der Waals surface area contributed by atoms with Gasteiger partial charge in [-0.3, -0.25) is 4.31 Å². The molecule has 1 unspecified atom stereocenters. The van der Waals surface area contributed by atoms with Gasteiger partial charge in [0.25, 0.3) is 0 Å². The highest BCUT2D eigenvalue weighted by Gasteiger charge is 2.23. The predicted molar refractivity (Wildman–Crippen MR) is 118 cm³/mol. The Hall–Kier alpha value is -1.81. The van der Waals surface area contributed by atoms with Crippen LogP contribution in [0.5, 0.6) is 5.75 Å². The summed E-state index contributed by atoms with van der Waals surface area (Å²) in [4.78, 5) is 0.830. The van der Waals surface area contributed by atoms with Crippen LogP contribution in [-0.4, -0.2) is 17.4 Å². The summed E-state index contributed by atoms with van der Waals surface area (Å²) in [6.07, 6.45) is 0. The maximum absolute atomic E-state index is 12.8. The van der Waals surface area contributed by atoms with Gasteiger partial charge < -0.3 is 4.74 Å². The van der Waals surface area contributed by atoms with Crippen molar-refractivity contribution in [3.63, 3.8) is 0 Å². The number of benzene rings is 2. The van der Waals surface area contributed by atoms with E-state index >= 15 is 0 Å². The van der Waals surface area contributed by atoms with E-state index in [1.807, 2.05) is 54.6 Å². The third-order valence-electron chi connectivity index (χ3n) is 3.63. The fourth-order valence-corrected chi connectivity index (χ4v) is 3.61. The molecule has 150 valence electrons. The largest absolute Gasteiger partial charge is 0.489 e. The van der Waals surface area contributed by atoms with Gasteiger partial charge in [-0.25, -0.2) is 4.21 Å². The van der Waals surface area contributed by atoms with Crippen LogP contribution in [0.1, 0.15) is 59.9 Å². The summed E-state index contributed by atoms with van der Waals surface area (Å²) in [5, 5.41) is 0. The van der Waals surface area contributed by atoms with Crippen molar-refractivity contribution in [2.45, 2.75) is 59.3 Å². The molecule has 0 bridgehead atoms. The Morgan fingerprint density at radius 3 is 2.04 bits per heavy atom. The lowest BCUT2D eigenvalue weighted by molar-refractivity contribution is 0.317. The monoisotopic (exact) mass is 389 g/mol. The van der Waals surface area contributed by atoms with Crippen LogP contribution in [0.4, 0.5) is 5.69 Å². The Labute approximate surface area is 168 Å². The second-order valence-corrected chi connectivity index (χ2v) is 8.53. The van der Waals surface area contributed by atoms with Gasteiger partial charge >= 0.3 is 0 Å². The topological polar surface area (TPSA) is 29.5 Å². The SMILES string of the molecule is CC.CC(C)C.CC(C)c1ccc(S(=O)N2CCOc3ccccc32)cc1. The standard InChI is InChI=1S/C17H19NO2S.C4H10.C2H6/c1-13(2)14-7-9-15(10-8-14)21(19)18-11-12-20-17-6-4-3-5-16(17)18;1-4(2)3;1-2/h3-10,13H,11-12H2,1-2H3;4H,1-3H3;1-2H3. The van der Waals surface area contributed by atoms with Gasteiger partial charge in [0.2, 0.25) is 0 Å². The van der Waals surface area contributed by atoms with Crippen molar-refractivity contribution in [3.05, 3.63) is 54.1 Å². The number of hydrogen-bond donors (Lipinski definition) is 0. The van der Waals surface area contributed by atoms with Gasteiger partial charge in [-0.15, -0.1) is 0 Å². The minimum atomic E-state index is -1.20. The van der Waals surface area contributed by atoms with Crippen LogP contribution < -0.4 is 9.04 Å². The quantitative estimate of drug-likeness (QED) is 0.606. The first-order valence-corrected chi connectivity index (χ1v) is 11.0. The van der Waals surface area contributed by atoms with Gasteiger partial charge in [-0.2, -0.15) is 0 Å². The number of nitrogens with zero attached hydrogens (tertiary/aromatic N) is 1. The fourth-order valence-electron chi connectivity index (χ4n) is 2.41. The second-order valence-electron chi connectivity index (χ2n) is 7.12. The van der Waals surface area contributed by atoms with Gasteiger partial charge in [0.1, 0.15) is 12.4 Å². The third-order valence-corrected chi connectivity index (χ3v) is 5.09. The molecule has 2 aromatic carbocycles. The zero-order chi connectivity index (χ0) is 20.4. The molecule has 0 N–H and O–H groups in total. The summed E-state index contributed by atoms with van der Waals surface area (Å²) in [6.45, 7) is 16.0. The van der Waals surface area contributed by atoms with Gasteiger partial charge in [0.05, 0.1) is 17.1 Å². The molecule has 0 radical (unpaired) electrons. The molecule has 3 nitrogen and oxygen atoms in total. The van der Waals surface area contributed by atoms with Crippen molar-refractivity contribution in [1.82, 2.24) is 0 Å².